The molecule has 1 aromatic heterocycles. The lowest BCUT2D eigenvalue weighted by Crippen LogP contribution is -2.22. The molecule has 1 amide bonds. The number of hydrogen-bond acceptors (Lipinski definition) is 3. The summed E-state index contributed by atoms with van der Waals surface area (Å²) in [5.74, 6) is 0.725. The highest BCUT2D eigenvalue weighted by atomic mass is 16.5. The minimum absolute atomic E-state index is 0.103. The van der Waals surface area contributed by atoms with Crippen LogP contribution in [-0.2, 0) is 26.1 Å². The largest absolute Gasteiger partial charge is 0.489 e. The molecular weight excluding hydrogens is 338 g/mol. The summed E-state index contributed by atoms with van der Waals surface area (Å²) in [5.41, 5.74) is 3.85. The van der Waals surface area contributed by atoms with Gasteiger partial charge in [0.1, 0.15) is 12.4 Å². The first kappa shape index (κ1) is 18.7. The molecule has 0 saturated carbocycles. The zero-order valence-corrected chi connectivity index (χ0v) is 15.8. The summed E-state index contributed by atoms with van der Waals surface area (Å²) in [5, 5.41) is 7.15. The molecule has 27 heavy (non-hydrogen) atoms. The van der Waals surface area contributed by atoms with Gasteiger partial charge < -0.3 is 10.1 Å². The Bertz CT molecular complexity index is 885. The Morgan fingerprint density at radius 3 is 2.59 bits per heavy atom. The van der Waals surface area contributed by atoms with Crippen LogP contribution < -0.4 is 10.1 Å². The molecule has 1 heterocycles. The van der Waals surface area contributed by atoms with E-state index in [4.69, 9.17) is 4.74 Å². The van der Waals surface area contributed by atoms with Gasteiger partial charge in [0.25, 0.3) is 5.91 Å². The van der Waals surface area contributed by atoms with Crippen molar-refractivity contribution >= 4 is 5.91 Å². The zero-order valence-electron chi connectivity index (χ0n) is 15.8. The monoisotopic (exact) mass is 363 g/mol. The first-order chi connectivity index (χ1) is 13.2. The van der Waals surface area contributed by atoms with E-state index in [2.05, 4.69) is 29.5 Å². The average Bonchev–Trinajstić information content (AvgIpc) is 3.19. The topological polar surface area (TPSA) is 56.1 Å². The van der Waals surface area contributed by atoms with Gasteiger partial charge >= 0.3 is 0 Å². The number of benzene rings is 2. The van der Waals surface area contributed by atoms with E-state index >= 15 is 0 Å². The molecule has 0 spiro atoms. The molecule has 0 aliphatic carbocycles. The SMILES string of the molecule is CCc1ccc(OCc2cccc(C(=O)NCc3cnn(CC)c3)c2)cc1. The van der Waals surface area contributed by atoms with Gasteiger partial charge in [0.15, 0.2) is 0 Å². The van der Waals surface area contributed by atoms with Crippen LogP contribution in [0.15, 0.2) is 60.9 Å². The lowest BCUT2D eigenvalue weighted by atomic mass is 10.1. The zero-order chi connectivity index (χ0) is 19.1. The second-order valence-electron chi connectivity index (χ2n) is 6.37. The van der Waals surface area contributed by atoms with Gasteiger partial charge in [0.05, 0.1) is 6.20 Å². The molecule has 0 bridgehead atoms. The van der Waals surface area contributed by atoms with Gasteiger partial charge in [-0.2, -0.15) is 5.10 Å². The van der Waals surface area contributed by atoms with Crippen LogP contribution in [0.5, 0.6) is 5.75 Å². The summed E-state index contributed by atoms with van der Waals surface area (Å²) in [6.45, 7) is 5.86. The highest BCUT2D eigenvalue weighted by Crippen LogP contribution is 2.15. The number of rotatable bonds is 8. The third kappa shape index (κ3) is 5.20. The smallest absolute Gasteiger partial charge is 0.251 e. The Labute approximate surface area is 160 Å². The van der Waals surface area contributed by atoms with Crippen LogP contribution in [0.4, 0.5) is 0 Å². The first-order valence-corrected chi connectivity index (χ1v) is 9.28. The fourth-order valence-corrected chi connectivity index (χ4v) is 2.75. The van der Waals surface area contributed by atoms with Crippen LogP contribution in [0.3, 0.4) is 0 Å². The maximum atomic E-state index is 12.4. The van der Waals surface area contributed by atoms with Crippen LogP contribution in [0, 0.1) is 0 Å². The van der Waals surface area contributed by atoms with Gasteiger partial charge in [-0.3, -0.25) is 9.48 Å². The summed E-state index contributed by atoms with van der Waals surface area (Å²) in [4.78, 5) is 12.4. The van der Waals surface area contributed by atoms with Crippen molar-refractivity contribution < 1.29 is 9.53 Å². The van der Waals surface area contributed by atoms with E-state index in [1.807, 2.05) is 54.2 Å². The molecule has 140 valence electrons. The van der Waals surface area contributed by atoms with Gasteiger partial charge in [-0.05, 0) is 48.7 Å². The molecule has 0 radical (unpaired) electrons. The molecule has 2 aromatic carbocycles. The van der Waals surface area contributed by atoms with Crippen LogP contribution >= 0.6 is 0 Å². The van der Waals surface area contributed by atoms with Crippen molar-refractivity contribution in [2.75, 3.05) is 0 Å². The van der Waals surface area contributed by atoms with Gasteiger partial charge in [-0.1, -0.05) is 31.2 Å². The average molecular weight is 363 g/mol. The van der Waals surface area contributed by atoms with E-state index < -0.39 is 0 Å². The normalized spacial score (nSPS) is 10.6. The molecule has 0 aliphatic rings. The number of hydrogen-bond donors (Lipinski definition) is 1. The summed E-state index contributed by atoms with van der Waals surface area (Å²) < 4.78 is 7.67. The molecule has 0 unspecified atom stereocenters. The minimum atomic E-state index is -0.103. The van der Waals surface area contributed by atoms with Crippen LogP contribution in [0.2, 0.25) is 0 Å². The Balaban J connectivity index is 1.56. The van der Waals surface area contributed by atoms with Crippen molar-refractivity contribution in [1.29, 1.82) is 0 Å². The highest BCUT2D eigenvalue weighted by molar-refractivity contribution is 5.94. The molecular formula is C22H25N3O2. The number of nitrogens with one attached hydrogen (secondary N) is 1. The van der Waals surface area contributed by atoms with E-state index in [0.717, 1.165) is 29.8 Å². The molecule has 5 nitrogen and oxygen atoms in total. The van der Waals surface area contributed by atoms with Gasteiger partial charge in [-0.15, -0.1) is 0 Å². The number of nitrogens with zero attached hydrogens (tertiary/aromatic N) is 2. The Hall–Kier alpha value is -3.08. The lowest BCUT2D eigenvalue weighted by Gasteiger charge is -2.09. The van der Waals surface area contributed by atoms with Crippen molar-refractivity contribution in [3.05, 3.63) is 83.2 Å². The fourth-order valence-electron chi connectivity index (χ4n) is 2.75. The number of carbonyl (C=O) groups excluding carboxylic acids is 1. The van der Waals surface area contributed by atoms with Crippen LogP contribution in [0.1, 0.15) is 40.9 Å². The van der Waals surface area contributed by atoms with Gasteiger partial charge in [0.2, 0.25) is 0 Å². The Kier molecular flexibility index (Phi) is 6.26. The third-order valence-electron chi connectivity index (χ3n) is 4.39. The van der Waals surface area contributed by atoms with E-state index in [0.29, 0.717) is 18.7 Å². The van der Waals surface area contributed by atoms with Crippen molar-refractivity contribution in [3.8, 4) is 5.75 Å². The molecule has 1 N–H and O–H groups in total. The molecule has 3 aromatic rings. The lowest BCUT2D eigenvalue weighted by molar-refractivity contribution is 0.0950. The Morgan fingerprint density at radius 2 is 1.89 bits per heavy atom. The molecule has 0 fully saturated rings. The van der Waals surface area contributed by atoms with E-state index in [9.17, 15) is 4.79 Å². The second-order valence-corrected chi connectivity index (χ2v) is 6.37. The van der Waals surface area contributed by atoms with Crippen molar-refractivity contribution in [3.63, 3.8) is 0 Å². The number of ether oxygens (including phenoxy) is 1. The molecule has 0 saturated heterocycles. The van der Waals surface area contributed by atoms with E-state index in [-0.39, 0.29) is 5.91 Å². The summed E-state index contributed by atoms with van der Waals surface area (Å²) in [7, 11) is 0. The van der Waals surface area contributed by atoms with Crippen LogP contribution in [-0.4, -0.2) is 15.7 Å². The van der Waals surface area contributed by atoms with Crippen LogP contribution in [0.25, 0.3) is 0 Å². The van der Waals surface area contributed by atoms with E-state index in [1.54, 1.807) is 6.20 Å². The standard InChI is InChI=1S/C22H25N3O2/c1-3-17-8-10-21(11-9-17)27-16-18-6-5-7-20(12-18)22(26)23-13-19-14-24-25(4-2)15-19/h5-12,14-15H,3-4,13,16H2,1-2H3,(H,23,26). The molecule has 0 atom stereocenters. The fraction of sp³-hybridized carbons (Fsp3) is 0.273. The number of carbonyl (C=O) groups is 1. The quantitative estimate of drug-likeness (QED) is 0.659. The maximum absolute atomic E-state index is 12.4. The summed E-state index contributed by atoms with van der Waals surface area (Å²) >= 11 is 0. The highest BCUT2D eigenvalue weighted by Gasteiger charge is 2.07. The summed E-state index contributed by atoms with van der Waals surface area (Å²) in [6.07, 6.45) is 4.73. The van der Waals surface area contributed by atoms with E-state index in [1.165, 1.54) is 5.56 Å². The number of amides is 1. The van der Waals surface area contributed by atoms with Crippen molar-refractivity contribution in [2.45, 2.75) is 40.0 Å². The van der Waals surface area contributed by atoms with Crippen molar-refractivity contribution in [2.24, 2.45) is 0 Å². The first-order valence-electron chi connectivity index (χ1n) is 9.28. The molecule has 3 rings (SSSR count). The predicted octanol–water partition coefficient (Wildman–Crippen LogP) is 3.97. The third-order valence-corrected chi connectivity index (χ3v) is 4.39. The van der Waals surface area contributed by atoms with Gasteiger partial charge in [-0.25, -0.2) is 0 Å². The minimum Gasteiger partial charge on any atom is -0.489 e. The second kappa shape index (κ2) is 9.03. The number of aryl methyl sites for hydroxylation is 2. The number of aromatic nitrogens is 2. The van der Waals surface area contributed by atoms with Gasteiger partial charge in [0, 0.05) is 30.4 Å². The molecule has 5 heteroatoms. The summed E-state index contributed by atoms with van der Waals surface area (Å²) in [6, 6.07) is 15.6. The molecule has 0 aliphatic heterocycles. The predicted molar refractivity (Wildman–Crippen MR) is 106 cm³/mol. The maximum Gasteiger partial charge on any atom is 0.251 e. The Morgan fingerprint density at radius 1 is 1.07 bits per heavy atom. The van der Waals surface area contributed by atoms with Crippen molar-refractivity contribution in [1.82, 2.24) is 15.1 Å².